The SMILES string of the molecule is CCCCN(C(=O)C(CO)NC(=O)OC(C)(C)C)C(C(=O)NC(C)(C)C)c1ccccc1C. The van der Waals surface area contributed by atoms with Gasteiger partial charge in [-0.05, 0) is 66.0 Å². The molecule has 8 nitrogen and oxygen atoms in total. The van der Waals surface area contributed by atoms with Crippen LogP contribution in [0.5, 0.6) is 0 Å². The van der Waals surface area contributed by atoms with Crippen LogP contribution in [0.2, 0.25) is 0 Å². The molecule has 0 saturated carbocycles. The highest BCUT2D eigenvalue weighted by atomic mass is 16.6. The Bertz CT molecular complexity index is 811. The highest BCUT2D eigenvalue weighted by molar-refractivity contribution is 5.92. The largest absolute Gasteiger partial charge is 0.444 e. The molecule has 0 aliphatic rings. The number of nitrogens with zero attached hydrogens (tertiary/aromatic N) is 1. The van der Waals surface area contributed by atoms with E-state index in [1.807, 2.05) is 58.9 Å². The van der Waals surface area contributed by atoms with Gasteiger partial charge in [-0.15, -0.1) is 0 Å². The van der Waals surface area contributed by atoms with Gasteiger partial charge in [-0.25, -0.2) is 4.79 Å². The summed E-state index contributed by atoms with van der Waals surface area (Å²) in [4.78, 5) is 40.8. The van der Waals surface area contributed by atoms with Gasteiger partial charge < -0.3 is 25.4 Å². The van der Waals surface area contributed by atoms with Crippen molar-refractivity contribution >= 4 is 17.9 Å². The fourth-order valence-electron chi connectivity index (χ4n) is 3.31. The van der Waals surface area contributed by atoms with Crippen LogP contribution >= 0.6 is 0 Å². The maximum Gasteiger partial charge on any atom is 0.408 e. The average Bonchev–Trinajstić information content (AvgIpc) is 2.67. The van der Waals surface area contributed by atoms with Crippen molar-refractivity contribution in [2.45, 2.75) is 91.5 Å². The molecule has 1 aromatic carbocycles. The number of carbonyl (C=O) groups excluding carboxylic acids is 3. The summed E-state index contributed by atoms with van der Waals surface area (Å²) < 4.78 is 5.25. The average molecular weight is 464 g/mol. The minimum absolute atomic E-state index is 0.290. The molecule has 186 valence electrons. The standard InChI is InChI=1S/C25H41N3O5/c1-9-10-15-28(22(31)19(16-29)26-23(32)33-25(6,7)8)20(21(30)27-24(3,4)5)18-14-12-11-13-17(18)2/h11-14,19-20,29H,9-10,15-16H2,1-8H3,(H,26,32)(H,27,30). The monoisotopic (exact) mass is 463 g/mol. The van der Waals surface area contributed by atoms with E-state index in [2.05, 4.69) is 10.6 Å². The van der Waals surface area contributed by atoms with Crippen molar-refractivity contribution < 1.29 is 24.2 Å². The normalized spacial score (nSPS) is 13.6. The predicted molar refractivity (Wildman–Crippen MR) is 129 cm³/mol. The third-order valence-electron chi connectivity index (χ3n) is 4.75. The molecule has 0 saturated heterocycles. The molecule has 0 bridgehead atoms. The Morgan fingerprint density at radius 1 is 1.09 bits per heavy atom. The topological polar surface area (TPSA) is 108 Å². The van der Waals surface area contributed by atoms with Crippen LogP contribution in [-0.2, 0) is 14.3 Å². The zero-order valence-electron chi connectivity index (χ0n) is 21.3. The Hall–Kier alpha value is -2.61. The van der Waals surface area contributed by atoms with Crippen molar-refractivity contribution in [3.63, 3.8) is 0 Å². The first-order chi connectivity index (χ1) is 15.2. The molecule has 0 aliphatic carbocycles. The number of unbranched alkanes of at least 4 members (excludes halogenated alkanes) is 1. The molecular formula is C25H41N3O5. The van der Waals surface area contributed by atoms with Gasteiger partial charge in [-0.1, -0.05) is 37.6 Å². The number of ether oxygens (including phenoxy) is 1. The lowest BCUT2D eigenvalue weighted by atomic mass is 9.96. The molecule has 0 fully saturated rings. The second-order valence-corrected chi connectivity index (χ2v) is 10.3. The van der Waals surface area contributed by atoms with Crippen LogP contribution < -0.4 is 10.6 Å². The molecule has 8 heteroatoms. The van der Waals surface area contributed by atoms with Gasteiger partial charge >= 0.3 is 6.09 Å². The van der Waals surface area contributed by atoms with Crippen LogP contribution in [0.3, 0.4) is 0 Å². The molecule has 1 rings (SSSR count). The summed E-state index contributed by atoms with van der Waals surface area (Å²) in [6, 6.07) is 5.24. The summed E-state index contributed by atoms with van der Waals surface area (Å²) in [5.41, 5.74) is 0.285. The number of aliphatic hydroxyl groups is 1. The molecule has 0 radical (unpaired) electrons. The molecule has 33 heavy (non-hydrogen) atoms. The Morgan fingerprint density at radius 3 is 2.18 bits per heavy atom. The van der Waals surface area contributed by atoms with Crippen molar-refractivity contribution in [2.24, 2.45) is 0 Å². The number of hydrogen-bond donors (Lipinski definition) is 3. The summed E-state index contributed by atoms with van der Waals surface area (Å²) in [5.74, 6) is -0.871. The van der Waals surface area contributed by atoms with E-state index >= 15 is 0 Å². The number of carbonyl (C=O) groups is 3. The van der Waals surface area contributed by atoms with Crippen LogP contribution in [0.4, 0.5) is 4.79 Å². The van der Waals surface area contributed by atoms with E-state index in [1.54, 1.807) is 20.8 Å². The van der Waals surface area contributed by atoms with Gasteiger partial charge in [0.1, 0.15) is 17.7 Å². The van der Waals surface area contributed by atoms with Crippen molar-refractivity contribution in [1.29, 1.82) is 0 Å². The minimum atomic E-state index is -1.24. The van der Waals surface area contributed by atoms with Crippen molar-refractivity contribution in [2.75, 3.05) is 13.2 Å². The lowest BCUT2D eigenvalue weighted by molar-refractivity contribution is -0.144. The van der Waals surface area contributed by atoms with Crippen LogP contribution in [0, 0.1) is 6.92 Å². The maximum atomic E-state index is 13.6. The summed E-state index contributed by atoms with van der Waals surface area (Å²) in [7, 11) is 0. The van der Waals surface area contributed by atoms with Crippen LogP contribution in [0.15, 0.2) is 24.3 Å². The highest BCUT2D eigenvalue weighted by Gasteiger charge is 2.37. The third-order valence-corrected chi connectivity index (χ3v) is 4.75. The lowest BCUT2D eigenvalue weighted by Crippen LogP contribution is -2.56. The number of rotatable bonds is 9. The maximum absolute atomic E-state index is 13.6. The molecule has 1 aromatic rings. The first-order valence-electron chi connectivity index (χ1n) is 11.5. The Balaban J connectivity index is 3.41. The number of nitrogens with one attached hydrogen (secondary N) is 2. The van der Waals surface area contributed by atoms with Gasteiger partial charge in [0.25, 0.3) is 0 Å². The second kappa shape index (κ2) is 12.0. The van der Waals surface area contributed by atoms with Crippen molar-refractivity contribution in [3.8, 4) is 0 Å². The first kappa shape index (κ1) is 28.4. The third kappa shape index (κ3) is 9.42. The molecule has 2 atom stereocenters. The first-order valence-corrected chi connectivity index (χ1v) is 11.5. The summed E-state index contributed by atoms with van der Waals surface area (Å²) in [5, 5.41) is 15.4. The number of alkyl carbamates (subject to hydrolysis) is 1. The van der Waals surface area contributed by atoms with Gasteiger partial charge in [0.05, 0.1) is 6.61 Å². The second-order valence-electron chi connectivity index (χ2n) is 10.3. The van der Waals surface area contributed by atoms with Gasteiger partial charge in [-0.2, -0.15) is 0 Å². The molecule has 3 N–H and O–H groups in total. The molecule has 0 heterocycles. The van der Waals surface area contributed by atoms with Crippen LogP contribution in [0.25, 0.3) is 0 Å². The summed E-state index contributed by atoms with van der Waals surface area (Å²) >= 11 is 0. The molecule has 0 aliphatic heterocycles. The summed E-state index contributed by atoms with van der Waals surface area (Å²) in [6.07, 6.45) is 0.646. The molecule has 0 aromatic heterocycles. The van der Waals surface area contributed by atoms with Crippen LogP contribution in [0.1, 0.15) is 78.5 Å². The van der Waals surface area contributed by atoms with Gasteiger partial charge in [0.2, 0.25) is 11.8 Å². The van der Waals surface area contributed by atoms with E-state index < -0.39 is 41.8 Å². The van der Waals surface area contributed by atoms with Gasteiger partial charge in [0.15, 0.2) is 0 Å². The molecule has 0 spiro atoms. The number of hydrogen-bond acceptors (Lipinski definition) is 5. The van der Waals surface area contributed by atoms with E-state index in [0.717, 1.165) is 12.0 Å². The smallest absolute Gasteiger partial charge is 0.408 e. The number of aryl methyl sites for hydroxylation is 1. The van der Waals surface area contributed by atoms with Crippen molar-refractivity contribution in [1.82, 2.24) is 15.5 Å². The zero-order chi connectivity index (χ0) is 25.4. The highest BCUT2D eigenvalue weighted by Crippen LogP contribution is 2.27. The van der Waals surface area contributed by atoms with Gasteiger partial charge in [-0.3, -0.25) is 9.59 Å². The lowest BCUT2D eigenvalue weighted by Gasteiger charge is -2.36. The van der Waals surface area contributed by atoms with Crippen molar-refractivity contribution in [3.05, 3.63) is 35.4 Å². The fourth-order valence-corrected chi connectivity index (χ4v) is 3.31. The van der Waals surface area contributed by atoms with Crippen LogP contribution in [-0.4, -0.2) is 58.2 Å². The number of aliphatic hydroxyl groups excluding tert-OH is 1. The molecular weight excluding hydrogens is 422 g/mol. The van der Waals surface area contributed by atoms with E-state index in [1.165, 1.54) is 4.90 Å². The van der Waals surface area contributed by atoms with Gasteiger partial charge in [0, 0.05) is 12.1 Å². The Morgan fingerprint density at radius 2 is 1.70 bits per heavy atom. The fraction of sp³-hybridized carbons (Fsp3) is 0.640. The Kier molecular flexibility index (Phi) is 10.4. The summed E-state index contributed by atoms with van der Waals surface area (Å²) in [6.45, 7) is 14.3. The van der Waals surface area contributed by atoms with E-state index in [0.29, 0.717) is 18.5 Å². The quantitative estimate of drug-likeness (QED) is 0.520. The Labute approximate surface area is 198 Å². The minimum Gasteiger partial charge on any atom is -0.444 e. The molecule has 3 amide bonds. The molecule has 2 unspecified atom stereocenters. The van der Waals surface area contributed by atoms with E-state index in [4.69, 9.17) is 4.74 Å². The van der Waals surface area contributed by atoms with E-state index in [9.17, 15) is 19.5 Å². The predicted octanol–water partition coefficient (Wildman–Crippen LogP) is 3.47. The zero-order valence-corrected chi connectivity index (χ0v) is 21.3. The number of amides is 3. The number of benzene rings is 1. The van der Waals surface area contributed by atoms with E-state index in [-0.39, 0.29) is 5.91 Å².